The lowest BCUT2D eigenvalue weighted by atomic mass is 10.0. The number of esters is 1. The lowest BCUT2D eigenvalue weighted by Crippen LogP contribution is -2.48. The predicted molar refractivity (Wildman–Crippen MR) is 96.8 cm³/mol. The Morgan fingerprint density at radius 3 is 2.62 bits per heavy atom. The smallest absolute Gasteiger partial charge is 0.320 e. The van der Waals surface area contributed by atoms with Crippen LogP contribution in [0.1, 0.15) is 26.3 Å². The SMILES string of the molecule is CCOC(=O)CN1CCN(c2cc3c(cc2[N+](=O)[O-])CC(C)(C)O3)CC1. The van der Waals surface area contributed by atoms with Gasteiger partial charge >= 0.3 is 5.97 Å². The number of anilines is 1. The Bertz CT molecular complexity index is 711. The zero-order valence-corrected chi connectivity index (χ0v) is 15.5. The van der Waals surface area contributed by atoms with Crippen molar-refractivity contribution in [3.05, 3.63) is 27.8 Å². The minimum atomic E-state index is -0.340. The summed E-state index contributed by atoms with van der Waals surface area (Å²) in [5, 5.41) is 11.6. The second-order valence-electron chi connectivity index (χ2n) is 7.31. The fourth-order valence-electron chi connectivity index (χ4n) is 3.56. The van der Waals surface area contributed by atoms with Gasteiger partial charge < -0.3 is 14.4 Å². The maximum absolute atomic E-state index is 11.6. The van der Waals surface area contributed by atoms with Crippen LogP contribution in [0.5, 0.6) is 5.75 Å². The van der Waals surface area contributed by atoms with Crippen molar-refractivity contribution in [1.82, 2.24) is 4.90 Å². The van der Waals surface area contributed by atoms with Gasteiger partial charge in [0.25, 0.3) is 5.69 Å². The van der Waals surface area contributed by atoms with Crippen molar-refractivity contribution in [1.29, 1.82) is 0 Å². The second-order valence-corrected chi connectivity index (χ2v) is 7.31. The number of nitro benzene ring substituents is 1. The molecule has 0 aromatic heterocycles. The maximum Gasteiger partial charge on any atom is 0.320 e. The zero-order chi connectivity index (χ0) is 18.9. The standard InChI is InChI=1S/C18H25N3O5/c1-4-25-17(22)12-19-5-7-20(8-6-19)14-10-16-13(9-15(14)21(23)24)11-18(2,3)26-16/h9-10H,4-8,11-12H2,1-3H3. The molecule has 3 rings (SSSR count). The van der Waals surface area contributed by atoms with Crippen LogP contribution < -0.4 is 9.64 Å². The number of nitrogens with zero attached hydrogens (tertiary/aromatic N) is 3. The van der Waals surface area contributed by atoms with Crippen LogP contribution in [-0.4, -0.2) is 60.7 Å². The van der Waals surface area contributed by atoms with Gasteiger partial charge in [-0.3, -0.25) is 19.8 Å². The molecule has 0 unspecified atom stereocenters. The Morgan fingerprint density at radius 2 is 2.00 bits per heavy atom. The van der Waals surface area contributed by atoms with E-state index in [-0.39, 0.29) is 28.7 Å². The van der Waals surface area contributed by atoms with Crippen molar-refractivity contribution in [2.45, 2.75) is 32.8 Å². The van der Waals surface area contributed by atoms with Crippen LogP contribution in [0.3, 0.4) is 0 Å². The first-order valence-electron chi connectivity index (χ1n) is 8.92. The normalized spacial score (nSPS) is 19.0. The molecular weight excluding hydrogens is 338 g/mol. The van der Waals surface area contributed by atoms with E-state index in [4.69, 9.17) is 9.47 Å². The number of piperazine rings is 1. The minimum Gasteiger partial charge on any atom is -0.487 e. The molecule has 8 heteroatoms. The number of fused-ring (bicyclic) bond motifs is 1. The molecule has 0 atom stereocenters. The molecule has 1 fully saturated rings. The van der Waals surface area contributed by atoms with Crippen molar-refractivity contribution in [2.75, 3.05) is 44.2 Å². The van der Waals surface area contributed by atoms with Gasteiger partial charge in [0.05, 0.1) is 18.1 Å². The lowest BCUT2D eigenvalue weighted by molar-refractivity contribution is -0.384. The third-order valence-corrected chi connectivity index (χ3v) is 4.73. The van der Waals surface area contributed by atoms with Gasteiger partial charge in [-0.15, -0.1) is 0 Å². The molecule has 2 heterocycles. The fourth-order valence-corrected chi connectivity index (χ4v) is 3.56. The molecule has 0 aliphatic carbocycles. The number of ether oxygens (including phenoxy) is 2. The molecular formula is C18H25N3O5. The van der Waals surface area contributed by atoms with Crippen molar-refractivity contribution < 1.29 is 19.2 Å². The van der Waals surface area contributed by atoms with Crippen molar-refractivity contribution in [2.24, 2.45) is 0 Å². The van der Waals surface area contributed by atoms with Crippen LogP contribution in [0.15, 0.2) is 12.1 Å². The van der Waals surface area contributed by atoms with Gasteiger partial charge in [-0.25, -0.2) is 0 Å². The molecule has 1 aromatic carbocycles. The highest BCUT2D eigenvalue weighted by Crippen LogP contribution is 2.42. The highest BCUT2D eigenvalue weighted by molar-refractivity contribution is 5.72. The van der Waals surface area contributed by atoms with Gasteiger partial charge in [0.15, 0.2) is 0 Å². The first-order chi connectivity index (χ1) is 12.3. The van der Waals surface area contributed by atoms with Gasteiger partial charge in [0, 0.05) is 50.3 Å². The Hall–Kier alpha value is -2.35. The number of rotatable bonds is 5. The fraction of sp³-hybridized carbons (Fsp3) is 0.611. The van der Waals surface area contributed by atoms with Gasteiger partial charge in [0.2, 0.25) is 0 Å². The Morgan fingerprint density at radius 1 is 1.31 bits per heavy atom. The molecule has 0 bridgehead atoms. The summed E-state index contributed by atoms with van der Waals surface area (Å²) in [5.41, 5.74) is 1.24. The Kier molecular flexibility index (Phi) is 5.04. The zero-order valence-electron chi connectivity index (χ0n) is 15.5. The van der Waals surface area contributed by atoms with E-state index in [1.54, 1.807) is 19.1 Å². The molecule has 2 aliphatic rings. The topological polar surface area (TPSA) is 85.2 Å². The Balaban J connectivity index is 1.74. The average Bonchev–Trinajstić information content (AvgIpc) is 2.87. The molecule has 142 valence electrons. The summed E-state index contributed by atoms with van der Waals surface area (Å²) in [4.78, 5) is 26.9. The first-order valence-corrected chi connectivity index (χ1v) is 8.92. The van der Waals surface area contributed by atoms with Gasteiger partial charge in [-0.05, 0) is 20.8 Å². The van der Waals surface area contributed by atoms with Crippen molar-refractivity contribution in [3.63, 3.8) is 0 Å². The lowest BCUT2D eigenvalue weighted by Gasteiger charge is -2.35. The van der Waals surface area contributed by atoms with Crippen molar-refractivity contribution >= 4 is 17.3 Å². The summed E-state index contributed by atoms with van der Waals surface area (Å²) in [6.07, 6.45) is 0.663. The van der Waals surface area contributed by atoms with Crippen LogP contribution in [0.2, 0.25) is 0 Å². The quantitative estimate of drug-likeness (QED) is 0.449. The molecule has 1 saturated heterocycles. The average molecular weight is 363 g/mol. The third kappa shape index (κ3) is 3.90. The summed E-state index contributed by atoms with van der Waals surface area (Å²) < 4.78 is 10.9. The molecule has 0 saturated carbocycles. The highest BCUT2D eigenvalue weighted by atomic mass is 16.6. The molecule has 0 spiro atoms. The van der Waals surface area contributed by atoms with Crippen LogP contribution in [-0.2, 0) is 16.0 Å². The van der Waals surface area contributed by atoms with Gasteiger partial charge in [-0.1, -0.05) is 0 Å². The van der Waals surface area contributed by atoms with Gasteiger partial charge in [0.1, 0.15) is 17.0 Å². The summed E-state index contributed by atoms with van der Waals surface area (Å²) in [7, 11) is 0. The molecule has 26 heavy (non-hydrogen) atoms. The van der Waals surface area contributed by atoms with Crippen LogP contribution in [0, 0.1) is 10.1 Å². The molecule has 2 aliphatic heterocycles. The number of hydrogen-bond donors (Lipinski definition) is 0. The number of benzene rings is 1. The van der Waals surface area contributed by atoms with E-state index in [2.05, 4.69) is 0 Å². The molecule has 0 amide bonds. The van der Waals surface area contributed by atoms with E-state index in [1.807, 2.05) is 23.6 Å². The molecule has 0 N–H and O–H groups in total. The van der Waals surface area contributed by atoms with E-state index >= 15 is 0 Å². The number of nitro groups is 1. The van der Waals surface area contributed by atoms with Gasteiger partial charge in [-0.2, -0.15) is 0 Å². The van der Waals surface area contributed by atoms with E-state index in [9.17, 15) is 14.9 Å². The first kappa shape index (κ1) is 18.4. The second kappa shape index (κ2) is 7.11. The number of carbonyl (C=O) groups excluding carboxylic acids is 1. The summed E-state index contributed by atoms with van der Waals surface area (Å²) >= 11 is 0. The highest BCUT2D eigenvalue weighted by Gasteiger charge is 2.34. The summed E-state index contributed by atoms with van der Waals surface area (Å²) in [6, 6.07) is 3.44. The van der Waals surface area contributed by atoms with Crippen LogP contribution in [0.4, 0.5) is 11.4 Å². The van der Waals surface area contributed by atoms with E-state index < -0.39 is 0 Å². The predicted octanol–water partition coefficient (Wildman–Crippen LogP) is 1.99. The monoisotopic (exact) mass is 363 g/mol. The largest absolute Gasteiger partial charge is 0.487 e. The number of hydrogen-bond acceptors (Lipinski definition) is 7. The Labute approximate surface area is 152 Å². The van der Waals surface area contributed by atoms with Crippen molar-refractivity contribution in [3.8, 4) is 5.75 Å². The van der Waals surface area contributed by atoms with Crippen LogP contribution >= 0.6 is 0 Å². The molecule has 1 aromatic rings. The van der Waals surface area contributed by atoms with Crippen LogP contribution in [0.25, 0.3) is 0 Å². The molecule has 0 radical (unpaired) electrons. The number of carbonyl (C=O) groups is 1. The minimum absolute atomic E-state index is 0.115. The summed E-state index contributed by atoms with van der Waals surface area (Å²) in [6.45, 7) is 8.90. The van der Waals surface area contributed by atoms with E-state index in [0.29, 0.717) is 44.9 Å². The van der Waals surface area contributed by atoms with E-state index in [1.165, 1.54) is 0 Å². The summed E-state index contributed by atoms with van der Waals surface area (Å²) in [5.74, 6) is 0.490. The maximum atomic E-state index is 11.6. The third-order valence-electron chi connectivity index (χ3n) is 4.73. The molecule has 8 nitrogen and oxygen atoms in total. The van der Waals surface area contributed by atoms with E-state index in [0.717, 1.165) is 11.3 Å².